The molecule has 1 fully saturated rings. The zero-order valence-corrected chi connectivity index (χ0v) is 13.8. The molecule has 0 unspecified atom stereocenters. The van der Waals surface area contributed by atoms with Gasteiger partial charge in [0, 0.05) is 50.4 Å². The fourth-order valence-electron chi connectivity index (χ4n) is 2.56. The minimum atomic E-state index is -4.23. The van der Waals surface area contributed by atoms with Crippen molar-refractivity contribution in [2.24, 2.45) is 0 Å². The zero-order valence-electron chi connectivity index (χ0n) is 11.6. The third-order valence-electron chi connectivity index (χ3n) is 3.59. The third kappa shape index (κ3) is 4.61. The van der Waals surface area contributed by atoms with Crippen molar-refractivity contribution in [1.29, 1.82) is 0 Å². The van der Waals surface area contributed by atoms with E-state index in [0.717, 1.165) is 0 Å². The number of alkyl halides is 3. The Morgan fingerprint density at radius 2 is 1.86 bits per heavy atom. The first-order valence-corrected chi connectivity index (χ1v) is 7.94. The number of hydrogen-bond acceptors (Lipinski definition) is 3. The first-order chi connectivity index (χ1) is 10.3. The summed E-state index contributed by atoms with van der Waals surface area (Å²) in [6.45, 7) is 2.65. The zero-order chi connectivity index (χ0) is 16.3. The summed E-state index contributed by atoms with van der Waals surface area (Å²) in [6.07, 6.45) is -3.94. The maximum absolute atomic E-state index is 12.6. The molecule has 0 amide bonds. The molecule has 2 rings (SSSR count). The molecule has 0 aliphatic carbocycles. The molecule has 0 bridgehead atoms. The van der Waals surface area contributed by atoms with E-state index in [4.69, 9.17) is 34.8 Å². The van der Waals surface area contributed by atoms with Crippen molar-refractivity contribution in [3.8, 4) is 0 Å². The van der Waals surface area contributed by atoms with Gasteiger partial charge in [0.15, 0.2) is 0 Å². The van der Waals surface area contributed by atoms with Crippen molar-refractivity contribution < 1.29 is 13.2 Å². The van der Waals surface area contributed by atoms with Gasteiger partial charge in [-0.1, -0.05) is 34.8 Å². The number of halogens is 6. The normalized spacial score (nSPS) is 18.5. The number of rotatable bonds is 4. The van der Waals surface area contributed by atoms with Gasteiger partial charge in [0.2, 0.25) is 0 Å². The summed E-state index contributed by atoms with van der Waals surface area (Å²) in [5.41, 5.74) is 0.425. The molecule has 1 aliphatic rings. The standard InChI is InChI=1S/C13H15Cl3F3N3/c14-8-7-21-12(16)11(15)10(8)9(1-2-13(17,18)19)22-5-3-20-4-6-22/h7,9,20H,1-6H2/t9-/m1/s1. The summed E-state index contributed by atoms with van der Waals surface area (Å²) < 4.78 is 37.9. The number of hydrogen-bond donors (Lipinski definition) is 1. The molecule has 1 aromatic rings. The summed E-state index contributed by atoms with van der Waals surface area (Å²) in [5, 5.41) is 3.58. The summed E-state index contributed by atoms with van der Waals surface area (Å²) in [5.74, 6) is 0. The Bertz CT molecular complexity index is 519. The van der Waals surface area contributed by atoms with Crippen LogP contribution in [0.5, 0.6) is 0 Å². The molecule has 0 aromatic carbocycles. The second-order valence-electron chi connectivity index (χ2n) is 5.08. The van der Waals surface area contributed by atoms with Crippen LogP contribution in [0.4, 0.5) is 13.2 Å². The monoisotopic (exact) mass is 375 g/mol. The summed E-state index contributed by atoms with van der Waals surface area (Å²) in [4.78, 5) is 5.77. The van der Waals surface area contributed by atoms with Crippen molar-refractivity contribution in [2.45, 2.75) is 25.1 Å². The molecule has 1 saturated heterocycles. The highest BCUT2D eigenvalue weighted by Gasteiger charge is 2.33. The number of piperazine rings is 1. The van der Waals surface area contributed by atoms with Gasteiger partial charge in [-0.15, -0.1) is 0 Å². The average molecular weight is 377 g/mol. The van der Waals surface area contributed by atoms with Gasteiger partial charge in [-0.05, 0) is 6.42 Å². The quantitative estimate of drug-likeness (QED) is 0.793. The van der Waals surface area contributed by atoms with Crippen LogP contribution in [-0.2, 0) is 0 Å². The number of nitrogens with zero attached hydrogens (tertiary/aromatic N) is 2. The molecule has 1 aliphatic heterocycles. The minimum Gasteiger partial charge on any atom is -0.314 e. The fraction of sp³-hybridized carbons (Fsp3) is 0.615. The summed E-state index contributed by atoms with van der Waals surface area (Å²) >= 11 is 18.2. The lowest BCUT2D eigenvalue weighted by molar-refractivity contribution is -0.138. The molecule has 1 aromatic heterocycles. The summed E-state index contributed by atoms with van der Waals surface area (Å²) in [6, 6.07) is -0.538. The SMILES string of the molecule is FC(F)(F)CC[C@H](c1c(Cl)cnc(Cl)c1Cl)N1CCNCC1. The predicted octanol–water partition coefficient (Wildman–Crippen LogP) is 4.33. The van der Waals surface area contributed by atoms with Crippen LogP contribution in [0.15, 0.2) is 6.20 Å². The van der Waals surface area contributed by atoms with Gasteiger partial charge < -0.3 is 5.32 Å². The molecule has 3 nitrogen and oxygen atoms in total. The largest absolute Gasteiger partial charge is 0.389 e. The lowest BCUT2D eigenvalue weighted by atomic mass is 10.00. The lowest BCUT2D eigenvalue weighted by Crippen LogP contribution is -2.45. The maximum Gasteiger partial charge on any atom is 0.389 e. The topological polar surface area (TPSA) is 28.2 Å². The molecule has 0 radical (unpaired) electrons. The van der Waals surface area contributed by atoms with Crippen molar-refractivity contribution in [2.75, 3.05) is 26.2 Å². The minimum absolute atomic E-state index is 0.0493. The molecule has 0 saturated carbocycles. The molecular weight excluding hydrogens is 362 g/mol. The second kappa shape index (κ2) is 7.53. The van der Waals surface area contributed by atoms with Gasteiger partial charge in [0.1, 0.15) is 5.15 Å². The van der Waals surface area contributed by atoms with Gasteiger partial charge in [0.25, 0.3) is 0 Å². The van der Waals surface area contributed by atoms with Gasteiger partial charge in [-0.2, -0.15) is 13.2 Å². The first-order valence-electron chi connectivity index (χ1n) is 6.80. The Morgan fingerprint density at radius 1 is 1.23 bits per heavy atom. The van der Waals surface area contributed by atoms with Crippen LogP contribution in [0.3, 0.4) is 0 Å². The fourth-order valence-corrected chi connectivity index (χ4v) is 3.31. The van der Waals surface area contributed by atoms with E-state index < -0.39 is 18.6 Å². The molecule has 0 spiro atoms. The van der Waals surface area contributed by atoms with E-state index in [-0.39, 0.29) is 21.6 Å². The van der Waals surface area contributed by atoms with Crippen LogP contribution in [0.1, 0.15) is 24.4 Å². The van der Waals surface area contributed by atoms with Crippen molar-refractivity contribution in [3.05, 3.63) is 27.0 Å². The molecule has 2 heterocycles. The van der Waals surface area contributed by atoms with E-state index in [1.807, 2.05) is 4.90 Å². The van der Waals surface area contributed by atoms with Crippen LogP contribution < -0.4 is 5.32 Å². The van der Waals surface area contributed by atoms with Crippen LogP contribution >= 0.6 is 34.8 Å². The Kier molecular flexibility index (Phi) is 6.19. The van der Waals surface area contributed by atoms with Crippen LogP contribution in [0, 0.1) is 0 Å². The van der Waals surface area contributed by atoms with Crippen LogP contribution in [0.2, 0.25) is 15.2 Å². The highest BCUT2D eigenvalue weighted by atomic mass is 35.5. The highest BCUT2D eigenvalue weighted by Crippen LogP contribution is 2.40. The van der Waals surface area contributed by atoms with Crippen LogP contribution in [-0.4, -0.2) is 42.2 Å². The van der Waals surface area contributed by atoms with E-state index in [0.29, 0.717) is 31.7 Å². The van der Waals surface area contributed by atoms with E-state index >= 15 is 0 Å². The third-order valence-corrected chi connectivity index (χ3v) is 4.66. The van der Waals surface area contributed by atoms with Gasteiger partial charge in [0.05, 0.1) is 10.0 Å². The number of aromatic nitrogens is 1. The van der Waals surface area contributed by atoms with Crippen molar-refractivity contribution in [1.82, 2.24) is 15.2 Å². The molecular formula is C13H15Cl3F3N3. The Balaban J connectivity index is 2.32. The first kappa shape index (κ1) is 18.1. The molecule has 124 valence electrons. The lowest BCUT2D eigenvalue weighted by Gasteiger charge is -2.36. The molecule has 22 heavy (non-hydrogen) atoms. The highest BCUT2D eigenvalue weighted by molar-refractivity contribution is 6.43. The Morgan fingerprint density at radius 3 is 2.45 bits per heavy atom. The second-order valence-corrected chi connectivity index (χ2v) is 6.22. The Hall–Kier alpha value is -0.270. The van der Waals surface area contributed by atoms with Gasteiger partial charge in [-0.25, -0.2) is 4.98 Å². The van der Waals surface area contributed by atoms with Gasteiger partial charge >= 0.3 is 6.18 Å². The summed E-state index contributed by atoms with van der Waals surface area (Å²) in [7, 11) is 0. The van der Waals surface area contributed by atoms with E-state index in [2.05, 4.69) is 10.3 Å². The maximum atomic E-state index is 12.6. The molecule has 9 heteroatoms. The van der Waals surface area contributed by atoms with Crippen LogP contribution in [0.25, 0.3) is 0 Å². The van der Waals surface area contributed by atoms with Crippen molar-refractivity contribution in [3.63, 3.8) is 0 Å². The van der Waals surface area contributed by atoms with E-state index in [1.165, 1.54) is 6.20 Å². The Labute approximate surface area is 141 Å². The number of nitrogens with one attached hydrogen (secondary N) is 1. The van der Waals surface area contributed by atoms with Crippen molar-refractivity contribution >= 4 is 34.8 Å². The van der Waals surface area contributed by atoms with E-state index in [1.54, 1.807) is 0 Å². The van der Waals surface area contributed by atoms with E-state index in [9.17, 15) is 13.2 Å². The smallest absolute Gasteiger partial charge is 0.314 e. The average Bonchev–Trinajstić information content (AvgIpc) is 2.46. The molecule has 1 N–H and O–H groups in total. The predicted molar refractivity (Wildman–Crippen MR) is 81.7 cm³/mol. The van der Waals surface area contributed by atoms with Gasteiger partial charge in [-0.3, -0.25) is 4.90 Å². The number of pyridine rings is 1. The molecule has 1 atom stereocenters.